The zero-order valence-electron chi connectivity index (χ0n) is 20.3. The van der Waals surface area contributed by atoms with E-state index < -0.39 is 24.5 Å². The zero-order chi connectivity index (χ0) is 25.5. The predicted octanol–water partition coefficient (Wildman–Crippen LogP) is 4.55. The van der Waals surface area contributed by atoms with Gasteiger partial charge in [-0.25, -0.2) is 4.79 Å². The molecule has 0 radical (unpaired) electrons. The van der Waals surface area contributed by atoms with Gasteiger partial charge in [0.15, 0.2) is 6.61 Å². The first-order valence-electron chi connectivity index (χ1n) is 11.3. The van der Waals surface area contributed by atoms with E-state index in [-0.39, 0.29) is 16.4 Å². The average molecular weight is 497 g/mol. The Morgan fingerprint density at radius 2 is 1.71 bits per heavy atom. The lowest BCUT2D eigenvalue weighted by molar-refractivity contribution is -0.144. The molecule has 1 atom stereocenters. The minimum Gasteiger partial charge on any atom is -0.497 e. The maximum absolute atomic E-state index is 12.8. The Morgan fingerprint density at radius 1 is 1.03 bits per heavy atom. The summed E-state index contributed by atoms with van der Waals surface area (Å²) in [6, 6.07) is 15.3. The minimum absolute atomic E-state index is 0.256. The first-order chi connectivity index (χ1) is 16.7. The largest absolute Gasteiger partial charge is 0.497 e. The molecule has 35 heavy (non-hydrogen) atoms. The molecule has 1 aromatic heterocycles. The molecule has 0 aliphatic rings. The second-order valence-corrected chi connectivity index (χ2v) is 8.65. The lowest BCUT2D eigenvalue weighted by atomic mass is 10.1. The van der Waals surface area contributed by atoms with Gasteiger partial charge in [-0.3, -0.25) is 9.59 Å². The molecule has 0 spiro atoms. The number of hydrogen-bond donors (Lipinski definition) is 1. The van der Waals surface area contributed by atoms with Gasteiger partial charge < -0.3 is 19.4 Å². The van der Waals surface area contributed by atoms with Crippen LogP contribution >= 0.6 is 11.6 Å². The van der Waals surface area contributed by atoms with Crippen molar-refractivity contribution < 1.29 is 23.9 Å². The van der Waals surface area contributed by atoms with Crippen LogP contribution in [0.4, 0.5) is 0 Å². The third-order valence-electron chi connectivity index (χ3n) is 5.82. The highest BCUT2D eigenvalue weighted by molar-refractivity contribution is 6.33. The number of amides is 1. The highest BCUT2D eigenvalue weighted by Gasteiger charge is 2.22. The van der Waals surface area contributed by atoms with Crippen molar-refractivity contribution >= 4 is 29.3 Å². The summed E-state index contributed by atoms with van der Waals surface area (Å²) in [4.78, 5) is 37.5. The van der Waals surface area contributed by atoms with Crippen molar-refractivity contribution in [1.82, 2.24) is 9.88 Å². The molecule has 0 aliphatic heterocycles. The van der Waals surface area contributed by atoms with Crippen molar-refractivity contribution in [2.75, 3.05) is 13.7 Å². The molecule has 3 aromatic rings. The van der Waals surface area contributed by atoms with Gasteiger partial charge in [0.1, 0.15) is 11.8 Å². The van der Waals surface area contributed by atoms with Gasteiger partial charge in [-0.15, -0.1) is 0 Å². The van der Waals surface area contributed by atoms with Crippen LogP contribution in [0.25, 0.3) is 0 Å². The Hall–Kier alpha value is -3.58. The van der Waals surface area contributed by atoms with Gasteiger partial charge in [-0.05, 0) is 63.1 Å². The fraction of sp³-hybridized carbons (Fsp3) is 0.296. The van der Waals surface area contributed by atoms with Crippen LogP contribution in [0.5, 0.6) is 5.75 Å². The lowest BCUT2D eigenvalue weighted by Crippen LogP contribution is -2.40. The van der Waals surface area contributed by atoms with Gasteiger partial charge in [0.05, 0.1) is 17.7 Å². The molecule has 7 nitrogen and oxygen atoms in total. The predicted molar refractivity (Wildman–Crippen MR) is 134 cm³/mol. The standard InChI is InChI=1S/C27H29ClN2O5/c1-17-15-23(19(3)30(17)14-13-20-9-11-21(34-4)12-10-20)25(31)16-35-27(33)18(2)29-26(32)22-7-5-6-8-24(22)28/h5-12,15,18H,13-14,16H2,1-4H3,(H,29,32). The fourth-order valence-corrected chi connectivity index (χ4v) is 4.00. The summed E-state index contributed by atoms with van der Waals surface area (Å²) < 4.78 is 12.5. The molecular weight excluding hydrogens is 468 g/mol. The molecule has 0 fully saturated rings. The Labute approximate surface area is 210 Å². The normalized spacial score (nSPS) is 11.6. The molecule has 0 saturated heterocycles. The van der Waals surface area contributed by atoms with Gasteiger partial charge in [0.2, 0.25) is 5.78 Å². The highest BCUT2D eigenvalue weighted by atomic mass is 35.5. The molecule has 184 valence electrons. The molecule has 3 rings (SSSR count). The van der Waals surface area contributed by atoms with Gasteiger partial charge in [0.25, 0.3) is 5.91 Å². The maximum atomic E-state index is 12.8. The van der Waals surface area contributed by atoms with Gasteiger partial charge in [0, 0.05) is 23.5 Å². The number of methoxy groups -OCH3 is 1. The summed E-state index contributed by atoms with van der Waals surface area (Å²) in [5.41, 5.74) is 3.70. The van der Waals surface area contributed by atoms with Crippen molar-refractivity contribution in [2.24, 2.45) is 0 Å². The Balaban J connectivity index is 1.56. The highest BCUT2D eigenvalue weighted by Crippen LogP contribution is 2.19. The molecule has 1 heterocycles. The fourth-order valence-electron chi connectivity index (χ4n) is 3.78. The van der Waals surface area contributed by atoms with Crippen molar-refractivity contribution in [3.8, 4) is 5.75 Å². The van der Waals surface area contributed by atoms with E-state index in [1.165, 1.54) is 6.92 Å². The number of nitrogens with one attached hydrogen (secondary N) is 1. The molecule has 1 amide bonds. The maximum Gasteiger partial charge on any atom is 0.328 e. The quantitative estimate of drug-likeness (QED) is 0.328. The number of ketones is 1. The van der Waals surface area contributed by atoms with E-state index in [1.807, 2.05) is 44.2 Å². The van der Waals surface area contributed by atoms with Crippen LogP contribution in [0.2, 0.25) is 5.02 Å². The van der Waals surface area contributed by atoms with Crippen molar-refractivity contribution in [1.29, 1.82) is 0 Å². The third-order valence-corrected chi connectivity index (χ3v) is 6.15. The van der Waals surface area contributed by atoms with Gasteiger partial charge in [-0.2, -0.15) is 0 Å². The van der Waals surface area contributed by atoms with Crippen molar-refractivity contribution in [2.45, 2.75) is 39.8 Å². The molecular formula is C27H29ClN2O5. The molecule has 2 aromatic carbocycles. The van der Waals surface area contributed by atoms with Crippen LogP contribution in [-0.2, 0) is 22.5 Å². The number of hydrogen-bond acceptors (Lipinski definition) is 5. The third kappa shape index (κ3) is 6.51. The van der Waals surface area contributed by atoms with Gasteiger partial charge in [-0.1, -0.05) is 35.9 Å². The van der Waals surface area contributed by atoms with Gasteiger partial charge >= 0.3 is 5.97 Å². The molecule has 0 aliphatic carbocycles. The first-order valence-corrected chi connectivity index (χ1v) is 11.6. The Bertz CT molecular complexity index is 1220. The number of carbonyl (C=O) groups is 3. The summed E-state index contributed by atoms with van der Waals surface area (Å²) in [5.74, 6) is -0.687. The van der Waals surface area contributed by atoms with E-state index in [9.17, 15) is 14.4 Å². The summed E-state index contributed by atoms with van der Waals surface area (Å²) >= 11 is 6.02. The summed E-state index contributed by atoms with van der Waals surface area (Å²) in [6.07, 6.45) is 0.797. The molecule has 1 unspecified atom stereocenters. The minimum atomic E-state index is -0.941. The van der Waals surface area contributed by atoms with Crippen LogP contribution < -0.4 is 10.1 Å². The number of halogens is 1. The van der Waals surface area contributed by atoms with Crippen LogP contribution in [0, 0.1) is 13.8 Å². The van der Waals surface area contributed by atoms with E-state index in [4.69, 9.17) is 21.1 Å². The second-order valence-electron chi connectivity index (χ2n) is 8.24. The summed E-state index contributed by atoms with van der Waals surface area (Å²) in [7, 11) is 1.63. The Morgan fingerprint density at radius 3 is 2.37 bits per heavy atom. The SMILES string of the molecule is COc1ccc(CCn2c(C)cc(C(=O)COC(=O)C(C)NC(=O)c3ccccc3Cl)c2C)cc1. The van der Waals surface area contributed by atoms with E-state index in [2.05, 4.69) is 9.88 Å². The number of benzene rings is 2. The number of aryl methyl sites for hydroxylation is 2. The summed E-state index contributed by atoms with van der Waals surface area (Å²) in [6.45, 7) is 5.61. The van der Waals surface area contributed by atoms with Crippen LogP contribution in [-0.4, -0.2) is 42.0 Å². The van der Waals surface area contributed by atoms with E-state index in [1.54, 1.807) is 31.4 Å². The van der Waals surface area contributed by atoms with E-state index in [0.29, 0.717) is 12.1 Å². The summed E-state index contributed by atoms with van der Waals surface area (Å²) in [5, 5.41) is 2.82. The number of rotatable bonds is 10. The topological polar surface area (TPSA) is 86.6 Å². The number of aromatic nitrogens is 1. The van der Waals surface area contributed by atoms with Crippen LogP contribution in [0.3, 0.4) is 0 Å². The molecule has 8 heteroatoms. The lowest BCUT2D eigenvalue weighted by Gasteiger charge is -2.14. The molecule has 0 saturated carbocycles. The van der Waals surface area contributed by atoms with Crippen molar-refractivity contribution in [3.63, 3.8) is 0 Å². The Kier molecular flexibility index (Phi) is 8.71. The zero-order valence-corrected chi connectivity index (χ0v) is 21.0. The molecule has 0 bridgehead atoms. The van der Waals surface area contributed by atoms with Crippen molar-refractivity contribution in [3.05, 3.63) is 87.7 Å². The number of esters is 1. The number of nitrogens with zero attached hydrogens (tertiary/aromatic N) is 1. The average Bonchev–Trinajstić information content (AvgIpc) is 3.14. The second kappa shape index (κ2) is 11.7. The molecule has 1 N–H and O–H groups in total. The van der Waals surface area contributed by atoms with E-state index in [0.717, 1.165) is 29.1 Å². The van der Waals surface area contributed by atoms with Crippen LogP contribution in [0.15, 0.2) is 54.6 Å². The number of Topliss-reactive ketones (excluding diaryl/α,β-unsaturated/α-hetero) is 1. The smallest absolute Gasteiger partial charge is 0.328 e. The van der Waals surface area contributed by atoms with Crippen LogP contribution in [0.1, 0.15) is 44.6 Å². The van der Waals surface area contributed by atoms with E-state index >= 15 is 0 Å². The monoisotopic (exact) mass is 496 g/mol. The first kappa shape index (κ1) is 26.0. The number of ether oxygens (including phenoxy) is 2. The number of carbonyl (C=O) groups excluding carboxylic acids is 3.